The number of guanidine groups is 1. The van der Waals surface area contributed by atoms with E-state index in [-0.39, 0.29) is 17.4 Å². The Balaban J connectivity index is 1.92. The number of para-hydroxylation sites is 2. The predicted molar refractivity (Wildman–Crippen MR) is 92.8 cm³/mol. The first-order valence-corrected chi connectivity index (χ1v) is 7.48. The first kappa shape index (κ1) is 14.9. The quantitative estimate of drug-likeness (QED) is 0.558. The molecule has 0 saturated heterocycles. The zero-order chi connectivity index (χ0) is 17.6. The zero-order valence-corrected chi connectivity index (χ0v) is 13.2. The number of hydrogen-bond acceptors (Lipinski definition) is 7. The number of nitrogens with one attached hydrogen (secondary N) is 1. The van der Waals surface area contributed by atoms with Crippen molar-refractivity contribution in [1.82, 2.24) is 9.55 Å². The molecule has 0 unspecified atom stereocenters. The van der Waals surface area contributed by atoms with E-state index >= 15 is 0 Å². The van der Waals surface area contributed by atoms with Crippen molar-refractivity contribution in [2.24, 2.45) is 10.7 Å². The second-order valence-electron chi connectivity index (χ2n) is 5.50. The molecule has 9 nitrogen and oxygen atoms in total. The van der Waals surface area contributed by atoms with E-state index in [2.05, 4.69) is 15.3 Å². The molecule has 0 aliphatic carbocycles. The van der Waals surface area contributed by atoms with Crippen LogP contribution in [0, 0.1) is 10.1 Å². The van der Waals surface area contributed by atoms with Crippen LogP contribution in [0.2, 0.25) is 0 Å². The molecule has 0 fully saturated rings. The van der Waals surface area contributed by atoms with E-state index in [1.165, 1.54) is 13.2 Å². The van der Waals surface area contributed by atoms with Gasteiger partial charge in [0, 0.05) is 11.6 Å². The van der Waals surface area contributed by atoms with Gasteiger partial charge in [-0.2, -0.15) is 0 Å². The molecular weight excluding hydrogens is 324 g/mol. The van der Waals surface area contributed by atoms with Gasteiger partial charge in [0.25, 0.3) is 0 Å². The van der Waals surface area contributed by atoms with Gasteiger partial charge in [-0.25, -0.2) is 9.98 Å². The van der Waals surface area contributed by atoms with Crippen LogP contribution in [-0.4, -0.2) is 27.5 Å². The van der Waals surface area contributed by atoms with E-state index in [1.54, 1.807) is 12.1 Å². The highest BCUT2D eigenvalue weighted by atomic mass is 16.6. The van der Waals surface area contributed by atoms with E-state index in [4.69, 9.17) is 10.5 Å². The first-order chi connectivity index (χ1) is 12.1. The Bertz CT molecular complexity index is 1030. The standard InChI is InChI=1S/C16H14N6O3/c1-25-13-7-6-9(8-12(13)22(23)24)14-19-15(17)20-16-18-10-4-2-3-5-11(10)21(14)16/h2-8,14H,1H3,(H3,17,18,19,20)/t14-/m1/s1. The van der Waals surface area contributed by atoms with Gasteiger partial charge < -0.3 is 10.5 Å². The molecule has 9 heteroatoms. The Morgan fingerprint density at radius 1 is 1.32 bits per heavy atom. The number of fused-ring (bicyclic) bond motifs is 3. The highest BCUT2D eigenvalue weighted by Crippen LogP contribution is 2.36. The maximum Gasteiger partial charge on any atom is 0.311 e. The molecule has 0 saturated carbocycles. The van der Waals surface area contributed by atoms with Crippen molar-refractivity contribution in [1.29, 1.82) is 0 Å². The summed E-state index contributed by atoms with van der Waals surface area (Å²) in [5.41, 5.74) is 8.00. The number of benzene rings is 2. The summed E-state index contributed by atoms with van der Waals surface area (Å²) in [6, 6.07) is 12.3. The average molecular weight is 338 g/mol. The molecule has 25 heavy (non-hydrogen) atoms. The summed E-state index contributed by atoms with van der Waals surface area (Å²) in [4.78, 5) is 19.8. The molecule has 2 heterocycles. The minimum absolute atomic E-state index is 0.127. The van der Waals surface area contributed by atoms with E-state index in [0.29, 0.717) is 11.5 Å². The second kappa shape index (κ2) is 5.48. The second-order valence-corrected chi connectivity index (χ2v) is 5.50. The minimum atomic E-state index is -0.562. The SMILES string of the molecule is COc1ccc([C@@H]2N=C(N)Nc3nc4ccccc4n32)cc1[N+](=O)[O-]. The van der Waals surface area contributed by atoms with Crippen LogP contribution in [0.5, 0.6) is 5.75 Å². The summed E-state index contributed by atoms with van der Waals surface area (Å²) in [5, 5.41) is 14.3. The Kier molecular flexibility index (Phi) is 3.27. The molecule has 1 aliphatic heterocycles. The Morgan fingerprint density at radius 2 is 2.12 bits per heavy atom. The molecule has 126 valence electrons. The topological polar surface area (TPSA) is 121 Å². The third-order valence-electron chi connectivity index (χ3n) is 4.04. The van der Waals surface area contributed by atoms with Crippen LogP contribution in [0.4, 0.5) is 11.6 Å². The fourth-order valence-electron chi connectivity index (χ4n) is 2.95. The normalized spacial score (nSPS) is 16.0. The molecule has 1 aromatic heterocycles. The maximum absolute atomic E-state index is 11.3. The largest absolute Gasteiger partial charge is 0.490 e. The predicted octanol–water partition coefficient (Wildman–Crippen LogP) is 2.24. The lowest BCUT2D eigenvalue weighted by atomic mass is 10.1. The molecule has 1 atom stereocenters. The highest BCUT2D eigenvalue weighted by molar-refractivity contribution is 5.94. The van der Waals surface area contributed by atoms with Gasteiger partial charge >= 0.3 is 5.69 Å². The van der Waals surface area contributed by atoms with E-state index in [0.717, 1.165) is 11.0 Å². The van der Waals surface area contributed by atoms with Gasteiger partial charge in [0.1, 0.15) is 0 Å². The van der Waals surface area contributed by atoms with Crippen LogP contribution < -0.4 is 15.8 Å². The van der Waals surface area contributed by atoms with Crippen molar-refractivity contribution in [2.45, 2.75) is 6.17 Å². The van der Waals surface area contributed by atoms with Crippen molar-refractivity contribution < 1.29 is 9.66 Å². The molecule has 3 aromatic rings. The van der Waals surface area contributed by atoms with Crippen LogP contribution in [0.1, 0.15) is 11.7 Å². The van der Waals surface area contributed by atoms with Crippen LogP contribution in [0.3, 0.4) is 0 Å². The Labute approximate surface area is 141 Å². The van der Waals surface area contributed by atoms with Gasteiger partial charge in [-0.3, -0.25) is 20.0 Å². The number of aliphatic imine (C=N–C) groups is 1. The highest BCUT2D eigenvalue weighted by Gasteiger charge is 2.27. The van der Waals surface area contributed by atoms with Gasteiger partial charge in [0.15, 0.2) is 17.9 Å². The van der Waals surface area contributed by atoms with E-state index in [1.807, 2.05) is 28.8 Å². The molecule has 0 bridgehead atoms. The number of nitrogens with zero attached hydrogens (tertiary/aromatic N) is 4. The number of anilines is 1. The Morgan fingerprint density at radius 3 is 2.88 bits per heavy atom. The Hall–Kier alpha value is -3.62. The van der Waals surface area contributed by atoms with E-state index in [9.17, 15) is 10.1 Å². The number of nitro benzene ring substituents is 1. The third-order valence-corrected chi connectivity index (χ3v) is 4.04. The fraction of sp³-hybridized carbons (Fsp3) is 0.125. The fourth-order valence-corrected chi connectivity index (χ4v) is 2.95. The number of hydrogen-bond donors (Lipinski definition) is 2. The van der Waals surface area contributed by atoms with Crippen LogP contribution in [0.25, 0.3) is 11.0 Å². The average Bonchev–Trinajstić information content (AvgIpc) is 2.98. The molecule has 0 spiro atoms. The third kappa shape index (κ3) is 2.33. The van der Waals surface area contributed by atoms with Crippen LogP contribution >= 0.6 is 0 Å². The van der Waals surface area contributed by atoms with Gasteiger partial charge in [-0.15, -0.1) is 0 Å². The summed E-state index contributed by atoms with van der Waals surface area (Å²) in [7, 11) is 1.39. The van der Waals surface area contributed by atoms with Crippen molar-refractivity contribution >= 4 is 28.6 Å². The van der Waals surface area contributed by atoms with E-state index < -0.39 is 11.1 Å². The van der Waals surface area contributed by atoms with Crippen molar-refractivity contribution in [2.75, 3.05) is 12.4 Å². The number of nitrogens with two attached hydrogens (primary N) is 1. The monoisotopic (exact) mass is 338 g/mol. The summed E-state index contributed by atoms with van der Waals surface area (Å²) in [5.74, 6) is 0.929. The first-order valence-electron chi connectivity index (χ1n) is 7.48. The zero-order valence-electron chi connectivity index (χ0n) is 13.2. The molecule has 0 radical (unpaired) electrons. The van der Waals surface area contributed by atoms with Gasteiger partial charge in [-0.05, 0) is 18.2 Å². The molecule has 0 amide bonds. The number of aromatic nitrogens is 2. The summed E-state index contributed by atoms with van der Waals surface area (Å²) in [6.45, 7) is 0. The summed E-state index contributed by atoms with van der Waals surface area (Å²) >= 11 is 0. The number of nitro groups is 1. The van der Waals surface area contributed by atoms with Gasteiger partial charge in [-0.1, -0.05) is 18.2 Å². The lowest BCUT2D eigenvalue weighted by Gasteiger charge is -2.23. The maximum atomic E-state index is 11.3. The van der Waals surface area contributed by atoms with Crippen LogP contribution in [0.15, 0.2) is 47.5 Å². The molecule has 1 aliphatic rings. The molecule has 2 aromatic carbocycles. The summed E-state index contributed by atoms with van der Waals surface area (Å²) in [6.07, 6.45) is -0.562. The molecule has 4 rings (SSSR count). The van der Waals surface area contributed by atoms with Crippen molar-refractivity contribution in [3.05, 3.63) is 58.1 Å². The van der Waals surface area contributed by atoms with Crippen molar-refractivity contribution in [3.8, 4) is 5.75 Å². The number of ether oxygens (including phenoxy) is 1. The van der Waals surface area contributed by atoms with Crippen LogP contribution in [-0.2, 0) is 0 Å². The molecule has 3 N–H and O–H groups in total. The van der Waals surface area contributed by atoms with Crippen molar-refractivity contribution in [3.63, 3.8) is 0 Å². The summed E-state index contributed by atoms with van der Waals surface area (Å²) < 4.78 is 6.92. The van der Waals surface area contributed by atoms with Gasteiger partial charge in [0.2, 0.25) is 5.95 Å². The smallest absolute Gasteiger partial charge is 0.311 e. The number of methoxy groups -OCH3 is 1. The molecular formula is C16H14N6O3. The lowest BCUT2D eigenvalue weighted by molar-refractivity contribution is -0.385. The lowest BCUT2D eigenvalue weighted by Crippen LogP contribution is -2.31. The number of rotatable bonds is 3. The number of imidazole rings is 1. The minimum Gasteiger partial charge on any atom is -0.490 e. The van der Waals surface area contributed by atoms with Gasteiger partial charge in [0.05, 0.1) is 23.1 Å².